The second kappa shape index (κ2) is 13.3. The average Bonchev–Trinajstić information content (AvgIpc) is 3.37. The summed E-state index contributed by atoms with van der Waals surface area (Å²) in [6.07, 6.45) is 4.01. The number of methoxy groups -OCH3 is 1. The summed E-state index contributed by atoms with van der Waals surface area (Å²) < 4.78 is 82.8. The van der Waals surface area contributed by atoms with E-state index in [9.17, 15) is 26.7 Å². The molecule has 0 amide bonds. The summed E-state index contributed by atoms with van der Waals surface area (Å²) in [5.74, 6) is -1.77. The standard InChI is InChI=1S/C35H28Cl2F3N3O5S/c1-42(49(3,45)46)33-24-11-21(10-22-13-27(37)30(40)14-29(22)39)15-41-32(24)34(48-18-19-4-7-23(47-2)8-5-19)31-25(33)17-43(35(31)44)16-20-6-9-28(38)26(36)12-20/h4-9,11-15,17,44H,10,16,18H2,1-3H3. The van der Waals surface area contributed by atoms with E-state index in [1.54, 1.807) is 43.6 Å². The van der Waals surface area contributed by atoms with E-state index in [4.69, 9.17) is 32.7 Å². The summed E-state index contributed by atoms with van der Waals surface area (Å²) in [7, 11) is -0.977. The Balaban J connectivity index is 1.59. The van der Waals surface area contributed by atoms with Crippen molar-refractivity contribution < 1.29 is 36.2 Å². The first-order valence-electron chi connectivity index (χ1n) is 14.7. The predicted molar refractivity (Wildman–Crippen MR) is 184 cm³/mol. The first kappa shape index (κ1) is 34.2. The summed E-state index contributed by atoms with van der Waals surface area (Å²) in [5.41, 5.74) is 2.27. The highest BCUT2D eigenvalue weighted by atomic mass is 35.5. The Morgan fingerprint density at radius 2 is 1.59 bits per heavy atom. The zero-order valence-electron chi connectivity index (χ0n) is 26.3. The van der Waals surface area contributed by atoms with Gasteiger partial charge in [-0.25, -0.2) is 21.6 Å². The van der Waals surface area contributed by atoms with Crippen molar-refractivity contribution in [1.29, 1.82) is 0 Å². The number of aromatic nitrogens is 2. The van der Waals surface area contributed by atoms with Gasteiger partial charge in [-0.2, -0.15) is 0 Å². The summed E-state index contributed by atoms with van der Waals surface area (Å²) in [4.78, 5) is 4.64. The number of fused-ring (bicyclic) bond motifs is 2. The number of sulfonamides is 1. The van der Waals surface area contributed by atoms with Gasteiger partial charge in [0.15, 0.2) is 5.75 Å². The van der Waals surface area contributed by atoms with Crippen LogP contribution in [0, 0.1) is 17.5 Å². The second-order valence-corrected chi connectivity index (χ2v) is 14.3. The quantitative estimate of drug-likeness (QED) is 0.143. The number of aromatic hydroxyl groups is 1. The van der Waals surface area contributed by atoms with Gasteiger partial charge in [-0.3, -0.25) is 9.29 Å². The van der Waals surface area contributed by atoms with E-state index in [1.807, 2.05) is 0 Å². The number of pyridine rings is 1. The molecule has 4 aromatic carbocycles. The molecule has 2 heterocycles. The Morgan fingerprint density at radius 3 is 2.27 bits per heavy atom. The smallest absolute Gasteiger partial charge is 0.232 e. The number of halogens is 5. The normalized spacial score (nSPS) is 11.8. The third-order valence-corrected chi connectivity index (χ3v) is 9.88. The van der Waals surface area contributed by atoms with E-state index in [-0.39, 0.29) is 63.4 Å². The molecule has 0 aliphatic carbocycles. The Labute approximate surface area is 289 Å². The minimum Gasteiger partial charge on any atom is -0.497 e. The highest BCUT2D eigenvalue weighted by Gasteiger charge is 2.28. The lowest BCUT2D eigenvalue weighted by Gasteiger charge is -2.22. The van der Waals surface area contributed by atoms with Gasteiger partial charge in [-0.15, -0.1) is 0 Å². The third-order valence-electron chi connectivity index (χ3n) is 8.12. The molecule has 2 aromatic heterocycles. The molecule has 0 unspecified atom stereocenters. The Morgan fingerprint density at radius 1 is 0.898 bits per heavy atom. The Kier molecular flexibility index (Phi) is 9.31. The largest absolute Gasteiger partial charge is 0.497 e. The van der Waals surface area contributed by atoms with Crippen LogP contribution >= 0.6 is 23.2 Å². The molecule has 0 spiro atoms. The van der Waals surface area contributed by atoms with Crippen molar-refractivity contribution in [1.82, 2.24) is 9.55 Å². The summed E-state index contributed by atoms with van der Waals surface area (Å²) in [6, 6.07) is 14.8. The molecule has 1 N–H and O–H groups in total. The van der Waals surface area contributed by atoms with Gasteiger partial charge in [0.2, 0.25) is 15.9 Å². The molecule has 8 nitrogen and oxygen atoms in total. The van der Waals surface area contributed by atoms with E-state index < -0.39 is 27.5 Å². The monoisotopic (exact) mass is 729 g/mol. The average molecular weight is 731 g/mol. The number of benzene rings is 4. The topological polar surface area (TPSA) is 93.9 Å². The van der Waals surface area contributed by atoms with Crippen LogP contribution in [0.3, 0.4) is 0 Å². The van der Waals surface area contributed by atoms with Crippen molar-refractivity contribution in [2.24, 2.45) is 0 Å². The molecule has 0 fully saturated rings. The van der Waals surface area contributed by atoms with Crippen LogP contribution < -0.4 is 13.8 Å². The van der Waals surface area contributed by atoms with Crippen molar-refractivity contribution >= 4 is 60.6 Å². The maximum Gasteiger partial charge on any atom is 0.232 e. The minimum absolute atomic E-state index is 0.0381. The van der Waals surface area contributed by atoms with E-state index in [0.717, 1.165) is 16.1 Å². The van der Waals surface area contributed by atoms with Crippen molar-refractivity contribution in [3.8, 4) is 17.4 Å². The van der Waals surface area contributed by atoms with E-state index >= 15 is 0 Å². The maximum absolute atomic E-state index is 14.8. The fourth-order valence-electron chi connectivity index (χ4n) is 5.58. The van der Waals surface area contributed by atoms with Gasteiger partial charge in [0.1, 0.15) is 35.3 Å². The number of ether oxygens (including phenoxy) is 2. The van der Waals surface area contributed by atoms with E-state index in [1.165, 1.54) is 42.1 Å². The van der Waals surface area contributed by atoms with Crippen LogP contribution in [0.1, 0.15) is 22.3 Å². The van der Waals surface area contributed by atoms with Gasteiger partial charge in [-0.1, -0.05) is 41.4 Å². The maximum atomic E-state index is 14.8. The molecule has 0 bridgehead atoms. The highest BCUT2D eigenvalue weighted by molar-refractivity contribution is 7.92. The molecular formula is C35H28Cl2F3N3O5S. The highest BCUT2D eigenvalue weighted by Crippen LogP contribution is 2.48. The van der Waals surface area contributed by atoms with Crippen LogP contribution in [0.2, 0.25) is 10.0 Å². The van der Waals surface area contributed by atoms with Crippen LogP contribution in [-0.2, 0) is 29.6 Å². The number of hydrogen-bond donors (Lipinski definition) is 1. The molecule has 0 saturated heterocycles. The van der Waals surface area contributed by atoms with Crippen molar-refractivity contribution in [2.45, 2.75) is 19.6 Å². The van der Waals surface area contributed by atoms with Gasteiger partial charge >= 0.3 is 0 Å². The summed E-state index contributed by atoms with van der Waals surface area (Å²) in [6.45, 7) is 0.0798. The molecule has 6 aromatic rings. The van der Waals surface area contributed by atoms with E-state index in [2.05, 4.69) is 4.98 Å². The lowest BCUT2D eigenvalue weighted by Crippen LogP contribution is -2.25. The fourth-order valence-corrected chi connectivity index (χ4v) is 6.49. The minimum atomic E-state index is -3.89. The summed E-state index contributed by atoms with van der Waals surface area (Å²) >= 11 is 12.0. The van der Waals surface area contributed by atoms with Crippen LogP contribution in [0.4, 0.5) is 18.9 Å². The Hall–Kier alpha value is -4.65. The number of anilines is 1. The second-order valence-electron chi connectivity index (χ2n) is 11.4. The molecule has 0 saturated carbocycles. The fraction of sp³-hybridized carbons (Fsp3) is 0.171. The third kappa shape index (κ3) is 6.81. The lowest BCUT2D eigenvalue weighted by atomic mass is 10.0. The Bertz CT molecular complexity index is 2350. The zero-order valence-corrected chi connectivity index (χ0v) is 28.6. The molecule has 14 heteroatoms. The molecule has 0 aliphatic rings. The molecule has 0 radical (unpaired) electrons. The first-order chi connectivity index (χ1) is 23.2. The molecule has 6 rings (SSSR count). The zero-order chi connectivity index (χ0) is 35.2. The lowest BCUT2D eigenvalue weighted by molar-refractivity contribution is 0.311. The SMILES string of the molecule is COc1ccc(COc2c3ncc(Cc4cc(Cl)c(F)cc4F)cc3c(N(C)S(C)(=O)=O)c3cn(Cc4ccc(F)c(Cl)c4)c(O)c23)cc1. The van der Waals surface area contributed by atoms with Gasteiger partial charge in [0, 0.05) is 42.7 Å². The predicted octanol–water partition coefficient (Wildman–Crippen LogP) is 8.24. The molecule has 49 heavy (non-hydrogen) atoms. The van der Waals surface area contributed by atoms with Crippen molar-refractivity contribution in [3.63, 3.8) is 0 Å². The molecule has 0 aliphatic heterocycles. The van der Waals surface area contributed by atoms with Crippen LogP contribution in [-0.4, -0.2) is 43.5 Å². The molecule has 0 atom stereocenters. The van der Waals surface area contributed by atoms with Crippen LogP contribution in [0.15, 0.2) is 73.1 Å². The number of rotatable bonds is 10. The molecule has 254 valence electrons. The van der Waals surface area contributed by atoms with Gasteiger partial charge in [0.25, 0.3) is 0 Å². The molecular weight excluding hydrogens is 702 g/mol. The van der Waals surface area contributed by atoms with Crippen molar-refractivity contribution in [3.05, 3.63) is 123 Å². The summed E-state index contributed by atoms with van der Waals surface area (Å²) in [5, 5.41) is 12.1. The van der Waals surface area contributed by atoms with Crippen LogP contribution in [0.5, 0.6) is 17.4 Å². The van der Waals surface area contributed by atoms with Crippen molar-refractivity contribution in [2.75, 3.05) is 24.7 Å². The first-order valence-corrected chi connectivity index (χ1v) is 17.3. The van der Waals surface area contributed by atoms with Gasteiger partial charge < -0.3 is 19.1 Å². The number of nitrogens with zero attached hydrogens (tertiary/aromatic N) is 3. The van der Waals surface area contributed by atoms with Gasteiger partial charge in [0.05, 0.1) is 41.0 Å². The van der Waals surface area contributed by atoms with E-state index in [0.29, 0.717) is 33.7 Å². The van der Waals surface area contributed by atoms with Gasteiger partial charge in [-0.05, 0) is 58.7 Å². The van der Waals surface area contributed by atoms with Crippen LogP contribution in [0.25, 0.3) is 21.7 Å². The number of hydrogen-bond acceptors (Lipinski definition) is 6.